The molecule has 0 aliphatic carbocycles. The van der Waals surface area contributed by atoms with Crippen molar-refractivity contribution in [3.05, 3.63) is 24.2 Å². The van der Waals surface area contributed by atoms with Gasteiger partial charge in [-0.05, 0) is 31.5 Å². The number of furan rings is 1. The molecule has 2 heterocycles. The summed E-state index contributed by atoms with van der Waals surface area (Å²) in [5.41, 5.74) is -0.216. The lowest BCUT2D eigenvalue weighted by Gasteiger charge is -2.24. The molecule has 1 aliphatic rings. The number of ketones is 1. The molecular weight excluding hydrogens is 190 g/mol. The fraction of sp³-hybridized carbons (Fsp3) is 0.583. The molecule has 1 unspecified atom stereocenters. The highest BCUT2D eigenvalue weighted by Crippen LogP contribution is 2.34. The van der Waals surface area contributed by atoms with Crippen LogP contribution in [-0.4, -0.2) is 18.9 Å². The van der Waals surface area contributed by atoms with Crippen molar-refractivity contribution < 1.29 is 9.21 Å². The minimum Gasteiger partial charge on any atom is -0.461 e. The molecule has 0 bridgehead atoms. The Hall–Kier alpha value is -1.09. The van der Waals surface area contributed by atoms with Crippen LogP contribution in [0.2, 0.25) is 0 Å². The molecule has 82 valence electrons. The first-order valence-electron chi connectivity index (χ1n) is 5.57. The van der Waals surface area contributed by atoms with E-state index in [4.69, 9.17) is 4.42 Å². The molecule has 1 aromatic rings. The first-order valence-corrected chi connectivity index (χ1v) is 5.57. The van der Waals surface area contributed by atoms with Gasteiger partial charge in [0, 0.05) is 6.54 Å². The highest BCUT2D eigenvalue weighted by molar-refractivity contribution is 5.98. The van der Waals surface area contributed by atoms with Gasteiger partial charge in [-0.3, -0.25) is 4.79 Å². The molecular formula is C12H17NO2. The molecule has 0 aromatic carbocycles. The second-order valence-corrected chi connectivity index (χ2v) is 4.26. The Balaban J connectivity index is 2.21. The molecule has 1 N–H and O–H groups in total. The van der Waals surface area contributed by atoms with Crippen molar-refractivity contribution in [2.45, 2.75) is 26.2 Å². The zero-order valence-corrected chi connectivity index (χ0v) is 9.08. The lowest BCUT2D eigenvalue weighted by atomic mass is 9.77. The first kappa shape index (κ1) is 10.4. The van der Waals surface area contributed by atoms with Crippen molar-refractivity contribution in [3.63, 3.8) is 0 Å². The molecule has 2 rings (SSSR count). The summed E-state index contributed by atoms with van der Waals surface area (Å²) in [6, 6.07) is 3.54. The summed E-state index contributed by atoms with van der Waals surface area (Å²) in [6.07, 6.45) is 4.48. The molecule has 1 aliphatic heterocycles. The Kier molecular flexibility index (Phi) is 2.91. The summed E-state index contributed by atoms with van der Waals surface area (Å²) in [5.74, 6) is 0.673. The molecule has 0 spiro atoms. The largest absolute Gasteiger partial charge is 0.461 e. The lowest BCUT2D eigenvalue weighted by Crippen LogP contribution is -2.33. The van der Waals surface area contributed by atoms with Crippen LogP contribution in [0.1, 0.15) is 36.7 Å². The normalized spacial score (nSPS) is 25.7. The van der Waals surface area contributed by atoms with Crippen molar-refractivity contribution in [2.75, 3.05) is 13.1 Å². The van der Waals surface area contributed by atoms with Crippen LogP contribution >= 0.6 is 0 Å². The average molecular weight is 207 g/mol. The summed E-state index contributed by atoms with van der Waals surface area (Å²) in [7, 11) is 0. The third-order valence-electron chi connectivity index (χ3n) is 3.20. The van der Waals surface area contributed by atoms with E-state index in [1.807, 2.05) is 0 Å². The van der Waals surface area contributed by atoms with Crippen molar-refractivity contribution in [3.8, 4) is 0 Å². The van der Waals surface area contributed by atoms with E-state index in [0.717, 1.165) is 32.4 Å². The second kappa shape index (κ2) is 4.19. The van der Waals surface area contributed by atoms with Crippen molar-refractivity contribution in [1.29, 1.82) is 0 Å². The maximum absolute atomic E-state index is 12.3. The van der Waals surface area contributed by atoms with Crippen LogP contribution in [0.25, 0.3) is 0 Å². The summed E-state index contributed by atoms with van der Waals surface area (Å²) in [4.78, 5) is 12.3. The predicted molar refractivity (Wildman–Crippen MR) is 57.9 cm³/mol. The van der Waals surface area contributed by atoms with Crippen molar-refractivity contribution >= 4 is 5.78 Å². The molecule has 3 nitrogen and oxygen atoms in total. The highest BCUT2D eigenvalue weighted by Gasteiger charge is 2.41. The Morgan fingerprint density at radius 3 is 3.07 bits per heavy atom. The van der Waals surface area contributed by atoms with Gasteiger partial charge in [-0.2, -0.15) is 0 Å². The predicted octanol–water partition coefficient (Wildman–Crippen LogP) is 2.24. The number of nitrogens with one attached hydrogen (secondary N) is 1. The van der Waals surface area contributed by atoms with Gasteiger partial charge < -0.3 is 9.73 Å². The van der Waals surface area contributed by atoms with Gasteiger partial charge in [-0.15, -0.1) is 0 Å². The minimum absolute atomic E-state index is 0.166. The van der Waals surface area contributed by atoms with E-state index in [0.29, 0.717) is 5.76 Å². The van der Waals surface area contributed by atoms with Gasteiger partial charge in [-0.1, -0.05) is 13.3 Å². The van der Waals surface area contributed by atoms with Gasteiger partial charge in [0.05, 0.1) is 11.7 Å². The molecule has 1 atom stereocenters. The van der Waals surface area contributed by atoms with Gasteiger partial charge in [0.2, 0.25) is 5.78 Å². The zero-order chi connectivity index (χ0) is 10.7. The molecule has 1 saturated heterocycles. The Labute approximate surface area is 89.9 Å². The lowest BCUT2D eigenvalue weighted by molar-refractivity contribution is 0.0771. The van der Waals surface area contributed by atoms with E-state index in [-0.39, 0.29) is 11.2 Å². The summed E-state index contributed by atoms with van der Waals surface area (Å²) < 4.78 is 5.20. The standard InChI is InChI=1S/C12H17NO2/c1-2-5-12(6-7-13-9-12)11(14)10-4-3-8-15-10/h3-4,8,13H,2,5-7,9H2,1H3. The topological polar surface area (TPSA) is 42.2 Å². The van der Waals surface area contributed by atoms with E-state index in [1.165, 1.54) is 0 Å². The van der Waals surface area contributed by atoms with E-state index in [2.05, 4.69) is 12.2 Å². The molecule has 3 heteroatoms. The number of carbonyl (C=O) groups excluding carboxylic acids is 1. The molecule has 0 saturated carbocycles. The van der Waals surface area contributed by atoms with Gasteiger partial charge in [0.25, 0.3) is 0 Å². The third-order valence-corrected chi connectivity index (χ3v) is 3.20. The SMILES string of the molecule is CCCC1(C(=O)c2ccco2)CCNC1. The van der Waals surface area contributed by atoms with Crippen LogP contribution in [-0.2, 0) is 0 Å². The van der Waals surface area contributed by atoms with Crippen LogP contribution in [0.3, 0.4) is 0 Å². The monoisotopic (exact) mass is 207 g/mol. The van der Waals surface area contributed by atoms with Crippen LogP contribution in [0, 0.1) is 5.41 Å². The maximum atomic E-state index is 12.3. The van der Waals surface area contributed by atoms with Gasteiger partial charge in [-0.25, -0.2) is 0 Å². The van der Waals surface area contributed by atoms with E-state index in [9.17, 15) is 4.79 Å². The third kappa shape index (κ3) is 1.84. The quantitative estimate of drug-likeness (QED) is 0.770. The number of carbonyl (C=O) groups is 1. The molecule has 1 aromatic heterocycles. The fourth-order valence-corrected chi connectivity index (χ4v) is 2.41. The van der Waals surface area contributed by atoms with E-state index >= 15 is 0 Å². The van der Waals surface area contributed by atoms with Crippen molar-refractivity contribution in [2.24, 2.45) is 5.41 Å². The van der Waals surface area contributed by atoms with E-state index < -0.39 is 0 Å². The number of Topliss-reactive ketones (excluding diaryl/α,β-unsaturated/α-hetero) is 1. The zero-order valence-electron chi connectivity index (χ0n) is 9.08. The van der Waals surface area contributed by atoms with Crippen LogP contribution in [0.5, 0.6) is 0 Å². The van der Waals surface area contributed by atoms with Crippen LogP contribution < -0.4 is 5.32 Å². The van der Waals surface area contributed by atoms with Gasteiger partial charge in [0.1, 0.15) is 0 Å². The smallest absolute Gasteiger partial charge is 0.205 e. The van der Waals surface area contributed by atoms with Crippen LogP contribution in [0.15, 0.2) is 22.8 Å². The molecule has 0 amide bonds. The fourth-order valence-electron chi connectivity index (χ4n) is 2.41. The summed E-state index contributed by atoms with van der Waals surface area (Å²) >= 11 is 0. The molecule has 0 radical (unpaired) electrons. The number of hydrogen-bond donors (Lipinski definition) is 1. The molecule has 1 fully saturated rings. The van der Waals surface area contributed by atoms with E-state index in [1.54, 1.807) is 18.4 Å². The van der Waals surface area contributed by atoms with Crippen molar-refractivity contribution in [1.82, 2.24) is 5.32 Å². The number of rotatable bonds is 4. The molecule has 15 heavy (non-hydrogen) atoms. The Morgan fingerprint density at radius 2 is 2.53 bits per heavy atom. The number of hydrogen-bond acceptors (Lipinski definition) is 3. The Bertz CT molecular complexity index is 323. The van der Waals surface area contributed by atoms with Crippen LogP contribution in [0.4, 0.5) is 0 Å². The Morgan fingerprint density at radius 1 is 1.67 bits per heavy atom. The highest BCUT2D eigenvalue weighted by atomic mass is 16.3. The first-order chi connectivity index (χ1) is 7.28. The van der Waals surface area contributed by atoms with Gasteiger partial charge in [0.15, 0.2) is 5.76 Å². The summed E-state index contributed by atoms with van der Waals surface area (Å²) in [6.45, 7) is 3.85. The minimum atomic E-state index is -0.216. The van der Waals surface area contributed by atoms with Gasteiger partial charge >= 0.3 is 0 Å². The second-order valence-electron chi connectivity index (χ2n) is 4.26. The average Bonchev–Trinajstić information content (AvgIpc) is 2.88. The maximum Gasteiger partial charge on any atom is 0.205 e. The summed E-state index contributed by atoms with van der Waals surface area (Å²) in [5, 5.41) is 3.28.